The zero-order valence-corrected chi connectivity index (χ0v) is 10.7. The van der Waals surface area contributed by atoms with Crippen LogP contribution >= 0.6 is 0 Å². The van der Waals surface area contributed by atoms with E-state index in [2.05, 4.69) is 0 Å². The van der Waals surface area contributed by atoms with Gasteiger partial charge in [0.25, 0.3) is 0 Å². The molecule has 0 heterocycles. The van der Waals surface area contributed by atoms with Gasteiger partial charge < -0.3 is 30.6 Å². The van der Waals surface area contributed by atoms with Gasteiger partial charge in [0, 0.05) is 23.3 Å². The molecule has 108 valence electrons. The van der Waals surface area contributed by atoms with E-state index in [1.165, 1.54) is 24.3 Å². The Hall–Kier alpha value is -2.28. The molecule has 0 saturated carbocycles. The molecular formula is C14H16O6. The molecule has 0 unspecified atom stereocenters. The topological polar surface area (TPSA) is 121 Å². The molecule has 0 radical (unpaired) electrons. The molecular weight excluding hydrogens is 264 g/mol. The summed E-state index contributed by atoms with van der Waals surface area (Å²) >= 11 is 0. The van der Waals surface area contributed by atoms with Gasteiger partial charge in [-0.1, -0.05) is 30.3 Å². The Kier molecular flexibility index (Phi) is 4.93. The molecule has 2 aromatic rings. The van der Waals surface area contributed by atoms with Gasteiger partial charge in [0.1, 0.15) is 17.2 Å². The predicted molar refractivity (Wildman–Crippen MR) is 70.9 cm³/mol. The maximum atomic E-state index is 8.96. The van der Waals surface area contributed by atoms with E-state index in [4.69, 9.17) is 30.6 Å². The van der Waals surface area contributed by atoms with E-state index in [0.717, 1.165) is 0 Å². The molecule has 0 aliphatic carbocycles. The second-order valence-electron chi connectivity index (χ2n) is 4.11. The third kappa shape index (κ3) is 4.43. The lowest BCUT2D eigenvalue weighted by molar-refractivity contribution is -0.323. The maximum absolute atomic E-state index is 8.96. The minimum Gasteiger partial charge on any atom is -0.508 e. The Bertz CT molecular complexity index is 537. The highest BCUT2D eigenvalue weighted by Crippen LogP contribution is 2.30. The van der Waals surface area contributed by atoms with Crippen LogP contribution in [0.3, 0.4) is 0 Å². The van der Waals surface area contributed by atoms with Gasteiger partial charge >= 0.3 is 5.97 Å². The Morgan fingerprint density at radius 3 is 1.60 bits per heavy atom. The molecule has 0 fully saturated rings. The van der Waals surface area contributed by atoms with Gasteiger partial charge in [-0.05, 0) is 6.92 Å². The smallest absolute Gasteiger partial charge is 0.304 e. The molecule has 0 aliphatic heterocycles. The van der Waals surface area contributed by atoms with E-state index < -0.39 is 5.97 Å². The molecule has 0 bridgehead atoms. The Morgan fingerprint density at radius 1 is 0.800 bits per heavy atom. The number of rotatable bonds is 1. The highest BCUT2D eigenvalue weighted by atomic mass is 16.7. The molecule has 0 spiro atoms. The second kappa shape index (κ2) is 6.25. The normalized spacial score (nSPS) is 10.6. The van der Waals surface area contributed by atoms with Crippen LogP contribution in [0.1, 0.15) is 11.1 Å². The standard InChI is InChI=1S/2C7H8O3/c1-4-6(9)2-5(8)3-7(4)10;8-7(9,10)6-4-2-1-3-5-6/h2-3,8-10H,1H3;1-5,8-10H. The number of aliphatic hydroxyl groups is 3. The monoisotopic (exact) mass is 280 g/mol. The van der Waals surface area contributed by atoms with Crippen molar-refractivity contribution in [3.63, 3.8) is 0 Å². The van der Waals surface area contributed by atoms with Crippen LogP contribution in [0, 0.1) is 6.92 Å². The molecule has 6 N–H and O–H groups in total. The maximum Gasteiger partial charge on any atom is 0.304 e. The fraction of sp³-hybridized carbons (Fsp3) is 0.143. The first-order valence-electron chi connectivity index (χ1n) is 5.66. The summed E-state index contributed by atoms with van der Waals surface area (Å²) in [4.78, 5) is 0. The Balaban J connectivity index is 0.000000200. The van der Waals surface area contributed by atoms with Crippen molar-refractivity contribution in [3.05, 3.63) is 53.6 Å². The average molecular weight is 280 g/mol. The molecule has 0 amide bonds. The van der Waals surface area contributed by atoms with Crippen molar-refractivity contribution in [3.8, 4) is 17.2 Å². The van der Waals surface area contributed by atoms with Crippen molar-refractivity contribution >= 4 is 0 Å². The number of aromatic hydroxyl groups is 3. The zero-order chi connectivity index (χ0) is 15.3. The summed E-state index contributed by atoms with van der Waals surface area (Å²) < 4.78 is 0. The summed E-state index contributed by atoms with van der Waals surface area (Å²) in [5.74, 6) is -3.04. The highest BCUT2D eigenvalue weighted by Gasteiger charge is 2.19. The zero-order valence-electron chi connectivity index (χ0n) is 10.7. The van der Waals surface area contributed by atoms with Crippen molar-refractivity contribution in [2.24, 2.45) is 0 Å². The van der Waals surface area contributed by atoms with Gasteiger partial charge in [0.15, 0.2) is 0 Å². The SMILES string of the molecule is Cc1c(O)cc(O)cc1O.OC(O)(O)c1ccccc1. The van der Waals surface area contributed by atoms with Crippen LogP contribution in [0.15, 0.2) is 42.5 Å². The van der Waals surface area contributed by atoms with E-state index in [0.29, 0.717) is 5.56 Å². The molecule has 0 aliphatic rings. The van der Waals surface area contributed by atoms with Gasteiger partial charge in [0.2, 0.25) is 0 Å². The molecule has 0 saturated heterocycles. The first kappa shape index (κ1) is 15.8. The fourth-order valence-electron chi connectivity index (χ4n) is 1.33. The second-order valence-corrected chi connectivity index (χ2v) is 4.11. The van der Waals surface area contributed by atoms with E-state index in [1.54, 1.807) is 25.1 Å². The summed E-state index contributed by atoms with van der Waals surface area (Å²) in [7, 11) is 0. The van der Waals surface area contributed by atoms with Crippen molar-refractivity contribution in [2.45, 2.75) is 12.9 Å². The molecule has 6 heteroatoms. The summed E-state index contributed by atoms with van der Waals surface area (Å²) in [6, 6.07) is 10.1. The quantitative estimate of drug-likeness (QED) is 0.431. The lowest BCUT2D eigenvalue weighted by Crippen LogP contribution is -2.23. The summed E-state index contributed by atoms with van der Waals surface area (Å²) in [5.41, 5.74) is 0.438. The number of phenols is 3. The summed E-state index contributed by atoms with van der Waals surface area (Å²) in [5, 5.41) is 52.5. The minimum atomic E-state index is -2.71. The molecule has 20 heavy (non-hydrogen) atoms. The van der Waals surface area contributed by atoms with E-state index in [9.17, 15) is 0 Å². The van der Waals surface area contributed by atoms with Crippen LogP contribution in [0.5, 0.6) is 17.2 Å². The van der Waals surface area contributed by atoms with Crippen LogP contribution in [0.25, 0.3) is 0 Å². The summed E-state index contributed by atoms with van der Waals surface area (Å²) in [6.07, 6.45) is 0. The lowest BCUT2D eigenvalue weighted by atomic mass is 10.2. The van der Waals surface area contributed by atoms with Crippen molar-refractivity contribution in [2.75, 3.05) is 0 Å². The highest BCUT2D eigenvalue weighted by molar-refractivity contribution is 5.47. The van der Waals surface area contributed by atoms with Crippen molar-refractivity contribution in [1.82, 2.24) is 0 Å². The Morgan fingerprint density at radius 2 is 1.25 bits per heavy atom. The molecule has 0 atom stereocenters. The first-order chi connectivity index (χ1) is 9.21. The number of benzene rings is 2. The third-order valence-corrected chi connectivity index (χ3v) is 2.50. The number of hydrogen-bond donors (Lipinski definition) is 6. The third-order valence-electron chi connectivity index (χ3n) is 2.50. The van der Waals surface area contributed by atoms with Gasteiger partial charge in [-0.25, -0.2) is 0 Å². The van der Waals surface area contributed by atoms with Crippen molar-refractivity contribution < 1.29 is 30.6 Å². The Labute approximate surface area is 115 Å². The van der Waals surface area contributed by atoms with E-state index >= 15 is 0 Å². The van der Waals surface area contributed by atoms with Crippen LogP contribution < -0.4 is 0 Å². The molecule has 2 rings (SSSR count). The van der Waals surface area contributed by atoms with Crippen LogP contribution in [0.4, 0.5) is 0 Å². The number of phenolic OH excluding ortho intramolecular Hbond substituents is 3. The van der Waals surface area contributed by atoms with Crippen LogP contribution in [0.2, 0.25) is 0 Å². The van der Waals surface area contributed by atoms with E-state index in [-0.39, 0.29) is 22.8 Å². The van der Waals surface area contributed by atoms with E-state index in [1.807, 2.05) is 0 Å². The molecule has 0 aromatic heterocycles. The number of hydrogen-bond acceptors (Lipinski definition) is 6. The van der Waals surface area contributed by atoms with Gasteiger partial charge in [-0.15, -0.1) is 0 Å². The van der Waals surface area contributed by atoms with Crippen LogP contribution in [-0.4, -0.2) is 30.6 Å². The van der Waals surface area contributed by atoms with Gasteiger partial charge in [-0.2, -0.15) is 0 Å². The van der Waals surface area contributed by atoms with Gasteiger partial charge in [0.05, 0.1) is 0 Å². The van der Waals surface area contributed by atoms with Gasteiger partial charge in [-0.3, -0.25) is 0 Å². The largest absolute Gasteiger partial charge is 0.508 e. The average Bonchev–Trinajstić information content (AvgIpc) is 2.37. The lowest BCUT2D eigenvalue weighted by Gasteiger charge is -2.12. The molecule has 6 nitrogen and oxygen atoms in total. The summed E-state index contributed by atoms with van der Waals surface area (Å²) in [6.45, 7) is 1.56. The minimum absolute atomic E-state index is 0.0648. The predicted octanol–water partition coefficient (Wildman–Crippen LogP) is 0.886. The fourth-order valence-corrected chi connectivity index (χ4v) is 1.33. The molecule has 2 aromatic carbocycles. The first-order valence-corrected chi connectivity index (χ1v) is 5.66. The van der Waals surface area contributed by atoms with Crippen LogP contribution in [-0.2, 0) is 5.97 Å². The van der Waals surface area contributed by atoms with Crippen molar-refractivity contribution in [1.29, 1.82) is 0 Å².